The molecule has 0 unspecified atom stereocenters. The van der Waals surface area contributed by atoms with E-state index < -0.39 is 0 Å². The van der Waals surface area contributed by atoms with Crippen molar-refractivity contribution >= 4 is 45.9 Å². The molecule has 2 aromatic rings. The molecule has 0 radical (unpaired) electrons. The van der Waals surface area contributed by atoms with Crippen molar-refractivity contribution in [3.05, 3.63) is 24.0 Å². The molecule has 1 N–H and O–H groups in total. The fourth-order valence-electron chi connectivity index (χ4n) is 2.44. The van der Waals surface area contributed by atoms with Crippen molar-refractivity contribution in [3.63, 3.8) is 0 Å². The van der Waals surface area contributed by atoms with E-state index in [0.717, 1.165) is 35.6 Å². The lowest BCUT2D eigenvalue weighted by Gasteiger charge is -2.22. The van der Waals surface area contributed by atoms with Crippen LogP contribution >= 0.6 is 23.2 Å². The Kier molecular flexibility index (Phi) is 6.99. The van der Waals surface area contributed by atoms with E-state index in [-0.39, 0.29) is 5.97 Å². The fourth-order valence-corrected chi connectivity index (χ4v) is 2.85. The Hall–Kier alpha value is -1.46. The van der Waals surface area contributed by atoms with Gasteiger partial charge in [-0.05, 0) is 24.6 Å². The first-order chi connectivity index (χ1) is 11.2. The van der Waals surface area contributed by atoms with Crippen molar-refractivity contribution in [1.29, 1.82) is 0 Å². The molecule has 126 valence electrons. The second-order valence-corrected chi connectivity index (χ2v) is 5.94. The van der Waals surface area contributed by atoms with Gasteiger partial charge in [-0.15, -0.1) is 23.2 Å². The lowest BCUT2D eigenvalue weighted by molar-refractivity contribution is -0.140. The number of esters is 1. The number of aryl methyl sites for hydroxylation is 1. The average molecular weight is 358 g/mol. The lowest BCUT2D eigenvalue weighted by atomic mass is 10.2. The van der Waals surface area contributed by atoms with Crippen molar-refractivity contribution in [2.45, 2.75) is 19.3 Å². The predicted molar refractivity (Wildman–Crippen MR) is 94.7 cm³/mol. The lowest BCUT2D eigenvalue weighted by Crippen LogP contribution is -2.27. The first kappa shape index (κ1) is 17.9. The van der Waals surface area contributed by atoms with E-state index in [1.54, 1.807) is 0 Å². The zero-order chi connectivity index (χ0) is 16.7. The first-order valence-electron chi connectivity index (χ1n) is 7.60. The number of H-pyrrole nitrogens is 1. The van der Waals surface area contributed by atoms with Crippen molar-refractivity contribution in [3.8, 4) is 0 Å². The normalized spacial score (nSPS) is 10.9. The highest BCUT2D eigenvalue weighted by Crippen LogP contribution is 2.21. The quantitative estimate of drug-likeness (QED) is 0.552. The van der Waals surface area contributed by atoms with Gasteiger partial charge in [-0.1, -0.05) is 0 Å². The van der Waals surface area contributed by atoms with E-state index in [4.69, 9.17) is 23.2 Å². The largest absolute Gasteiger partial charge is 0.469 e. The Balaban J connectivity index is 2.09. The number of hydrogen-bond acceptors (Lipinski definition) is 4. The van der Waals surface area contributed by atoms with Crippen LogP contribution < -0.4 is 4.90 Å². The number of aromatic nitrogens is 2. The molecule has 0 saturated heterocycles. The van der Waals surface area contributed by atoms with Gasteiger partial charge in [0.25, 0.3) is 0 Å². The van der Waals surface area contributed by atoms with Crippen molar-refractivity contribution in [1.82, 2.24) is 9.97 Å². The van der Waals surface area contributed by atoms with Crippen LogP contribution in [0.4, 0.5) is 5.69 Å². The van der Waals surface area contributed by atoms with E-state index >= 15 is 0 Å². The summed E-state index contributed by atoms with van der Waals surface area (Å²) in [7, 11) is 1.40. The van der Waals surface area contributed by atoms with Crippen LogP contribution in [0.2, 0.25) is 0 Å². The summed E-state index contributed by atoms with van der Waals surface area (Å²) in [5, 5.41) is 0. The summed E-state index contributed by atoms with van der Waals surface area (Å²) in [6.45, 7) is 1.50. The van der Waals surface area contributed by atoms with Crippen LogP contribution in [0.15, 0.2) is 18.2 Å². The third kappa shape index (κ3) is 5.01. The van der Waals surface area contributed by atoms with Crippen LogP contribution in [-0.4, -0.2) is 47.9 Å². The molecular formula is C16H21Cl2N3O2. The molecule has 0 atom stereocenters. The van der Waals surface area contributed by atoms with Gasteiger partial charge in [0.2, 0.25) is 0 Å². The molecule has 1 aromatic heterocycles. The van der Waals surface area contributed by atoms with Crippen LogP contribution in [0.3, 0.4) is 0 Å². The highest BCUT2D eigenvalue weighted by Gasteiger charge is 2.09. The molecule has 1 heterocycles. The number of rotatable bonds is 9. The van der Waals surface area contributed by atoms with Crippen LogP contribution in [0.25, 0.3) is 11.0 Å². The zero-order valence-corrected chi connectivity index (χ0v) is 14.7. The number of halogens is 2. The summed E-state index contributed by atoms with van der Waals surface area (Å²) >= 11 is 11.7. The highest BCUT2D eigenvalue weighted by atomic mass is 35.5. The number of alkyl halides is 2. The highest BCUT2D eigenvalue weighted by molar-refractivity contribution is 6.18. The maximum absolute atomic E-state index is 11.1. The fraction of sp³-hybridized carbons (Fsp3) is 0.500. The minimum atomic E-state index is -0.193. The molecule has 0 aliphatic carbocycles. The monoisotopic (exact) mass is 357 g/mol. The van der Waals surface area contributed by atoms with E-state index in [1.807, 2.05) is 12.1 Å². The van der Waals surface area contributed by atoms with Crippen LogP contribution in [0, 0.1) is 0 Å². The number of aromatic amines is 1. The summed E-state index contributed by atoms with van der Waals surface area (Å²) in [5.74, 6) is 1.79. The molecule has 0 spiro atoms. The minimum absolute atomic E-state index is 0.193. The van der Waals surface area contributed by atoms with Gasteiger partial charge in [0, 0.05) is 43.4 Å². The van der Waals surface area contributed by atoms with Gasteiger partial charge in [0.15, 0.2) is 0 Å². The Labute approximate surface area is 145 Å². The summed E-state index contributed by atoms with van der Waals surface area (Å²) in [4.78, 5) is 21.1. The minimum Gasteiger partial charge on any atom is -0.469 e. The topological polar surface area (TPSA) is 58.2 Å². The molecule has 0 aliphatic heterocycles. The van der Waals surface area contributed by atoms with Crippen LogP contribution in [0.1, 0.15) is 18.7 Å². The molecule has 7 heteroatoms. The second-order valence-electron chi connectivity index (χ2n) is 5.18. The summed E-state index contributed by atoms with van der Waals surface area (Å²) in [6.07, 6.45) is 1.83. The molecule has 2 rings (SSSR count). The Morgan fingerprint density at radius 1 is 1.30 bits per heavy atom. The van der Waals surface area contributed by atoms with Crippen molar-refractivity contribution in [2.24, 2.45) is 0 Å². The third-order valence-corrected chi connectivity index (χ3v) is 3.95. The maximum Gasteiger partial charge on any atom is 0.305 e. The zero-order valence-electron chi connectivity index (χ0n) is 13.1. The standard InChI is InChI=1S/C16H21Cl2N3O2/c1-23-16(22)4-2-3-15-19-13-6-5-12(11-14(13)20-15)21(9-7-17)10-8-18/h5-6,11H,2-4,7-10H2,1H3,(H,19,20). The molecule has 1 aromatic carbocycles. The molecule has 5 nitrogen and oxygen atoms in total. The number of carbonyl (C=O) groups is 1. The van der Waals surface area contributed by atoms with E-state index in [9.17, 15) is 4.79 Å². The van der Waals surface area contributed by atoms with Gasteiger partial charge in [0.05, 0.1) is 18.1 Å². The number of nitrogens with zero attached hydrogens (tertiary/aromatic N) is 2. The molecule has 0 fully saturated rings. The molecule has 23 heavy (non-hydrogen) atoms. The summed E-state index contributed by atoms with van der Waals surface area (Å²) in [5.41, 5.74) is 2.96. The molecule has 0 amide bonds. The number of anilines is 1. The Bertz CT molecular complexity index is 639. The van der Waals surface area contributed by atoms with Gasteiger partial charge < -0.3 is 14.6 Å². The summed E-state index contributed by atoms with van der Waals surface area (Å²) in [6, 6.07) is 6.08. The molecule has 0 bridgehead atoms. The van der Waals surface area contributed by atoms with Gasteiger partial charge in [-0.25, -0.2) is 4.98 Å². The maximum atomic E-state index is 11.1. The Morgan fingerprint density at radius 2 is 2.04 bits per heavy atom. The SMILES string of the molecule is COC(=O)CCCc1nc2ccc(N(CCCl)CCCl)cc2[nH]1. The summed E-state index contributed by atoms with van der Waals surface area (Å²) < 4.78 is 4.64. The number of methoxy groups -OCH3 is 1. The number of carbonyl (C=O) groups excluding carboxylic acids is 1. The van der Waals surface area contributed by atoms with Crippen molar-refractivity contribution in [2.75, 3.05) is 36.9 Å². The number of hydrogen-bond donors (Lipinski definition) is 1. The van der Waals surface area contributed by atoms with E-state index in [0.29, 0.717) is 31.0 Å². The Morgan fingerprint density at radius 3 is 2.70 bits per heavy atom. The average Bonchev–Trinajstić information content (AvgIpc) is 2.96. The number of benzene rings is 1. The van der Waals surface area contributed by atoms with Crippen LogP contribution in [-0.2, 0) is 16.0 Å². The van der Waals surface area contributed by atoms with Gasteiger partial charge in [-0.3, -0.25) is 4.79 Å². The number of ether oxygens (including phenoxy) is 1. The van der Waals surface area contributed by atoms with Crippen molar-refractivity contribution < 1.29 is 9.53 Å². The third-order valence-electron chi connectivity index (χ3n) is 3.61. The number of nitrogens with one attached hydrogen (secondary N) is 1. The van der Waals surface area contributed by atoms with E-state index in [2.05, 4.69) is 25.7 Å². The number of imidazole rings is 1. The second kappa shape index (κ2) is 8.99. The van der Waals surface area contributed by atoms with Gasteiger partial charge >= 0.3 is 5.97 Å². The van der Waals surface area contributed by atoms with E-state index in [1.165, 1.54) is 7.11 Å². The number of fused-ring (bicyclic) bond motifs is 1. The molecular weight excluding hydrogens is 337 g/mol. The molecule has 0 saturated carbocycles. The first-order valence-corrected chi connectivity index (χ1v) is 8.67. The predicted octanol–water partition coefficient (Wildman–Crippen LogP) is 3.34. The van der Waals surface area contributed by atoms with Crippen LogP contribution in [0.5, 0.6) is 0 Å². The molecule has 0 aliphatic rings. The smallest absolute Gasteiger partial charge is 0.305 e. The van der Waals surface area contributed by atoms with Gasteiger partial charge in [0.1, 0.15) is 5.82 Å². The van der Waals surface area contributed by atoms with Gasteiger partial charge in [-0.2, -0.15) is 0 Å².